The number of esters is 1. The van der Waals surface area contributed by atoms with E-state index in [1.807, 2.05) is 0 Å². The molecule has 0 aliphatic rings. The summed E-state index contributed by atoms with van der Waals surface area (Å²) in [5.41, 5.74) is 0.230. The summed E-state index contributed by atoms with van der Waals surface area (Å²) in [6, 6.07) is 10.4. The van der Waals surface area contributed by atoms with Gasteiger partial charge in [0.25, 0.3) is 5.89 Å². The maximum atomic E-state index is 13.6. The molecule has 1 heterocycles. The lowest BCUT2D eigenvalue weighted by Gasteiger charge is -2.16. The Morgan fingerprint density at radius 3 is 2.33 bits per heavy atom. The topological polar surface area (TPSA) is 83.7 Å². The van der Waals surface area contributed by atoms with Crippen molar-refractivity contribution in [1.29, 1.82) is 0 Å². The third kappa shape index (κ3) is 6.87. The van der Waals surface area contributed by atoms with Crippen LogP contribution >= 0.6 is 0 Å². The Hall–Kier alpha value is -3.82. The predicted molar refractivity (Wildman–Crippen MR) is 126 cm³/mol. The number of ether oxygens (including phenoxy) is 3. The van der Waals surface area contributed by atoms with Crippen LogP contribution in [0.1, 0.15) is 40.2 Å². The minimum atomic E-state index is -4.61. The second kappa shape index (κ2) is 11.3. The molecular formula is C26H27F3N2O5. The molecule has 7 nitrogen and oxygen atoms in total. The molecule has 0 fully saturated rings. The van der Waals surface area contributed by atoms with Crippen molar-refractivity contribution in [2.75, 3.05) is 6.61 Å². The van der Waals surface area contributed by atoms with Gasteiger partial charge < -0.3 is 18.7 Å². The first-order valence-electron chi connectivity index (χ1n) is 11.3. The minimum absolute atomic E-state index is 0.0140. The van der Waals surface area contributed by atoms with Gasteiger partial charge in [0.1, 0.15) is 17.6 Å². The lowest BCUT2D eigenvalue weighted by molar-refractivity contribution is -0.139. The Balaban J connectivity index is 1.76. The van der Waals surface area contributed by atoms with Crippen LogP contribution in [-0.2, 0) is 15.7 Å². The SMILES string of the molecule is CCOC(=O)C(C)=CC(C)Oc1ccc(-c2nc(-c3ccc(OC(C)C)c(C(F)(F)F)c3)no2)cc1. The normalized spacial score (nSPS) is 13.0. The molecule has 2 aromatic carbocycles. The molecule has 0 radical (unpaired) electrons. The zero-order valence-corrected chi connectivity index (χ0v) is 20.6. The fraction of sp³-hybridized carbons (Fsp3) is 0.346. The number of alkyl halides is 3. The van der Waals surface area contributed by atoms with Crippen molar-refractivity contribution in [2.24, 2.45) is 0 Å². The van der Waals surface area contributed by atoms with Gasteiger partial charge >= 0.3 is 12.1 Å². The van der Waals surface area contributed by atoms with Gasteiger partial charge in [-0.3, -0.25) is 0 Å². The monoisotopic (exact) mass is 504 g/mol. The molecule has 1 aromatic heterocycles. The molecule has 0 N–H and O–H groups in total. The predicted octanol–water partition coefficient (Wildman–Crippen LogP) is 6.49. The molecule has 0 saturated heterocycles. The van der Waals surface area contributed by atoms with Gasteiger partial charge in [-0.15, -0.1) is 0 Å². The quantitative estimate of drug-likeness (QED) is 0.243. The van der Waals surface area contributed by atoms with Gasteiger partial charge in [-0.2, -0.15) is 18.2 Å². The van der Waals surface area contributed by atoms with Crippen molar-refractivity contribution in [2.45, 2.75) is 53.0 Å². The van der Waals surface area contributed by atoms with Crippen LogP contribution in [0.5, 0.6) is 11.5 Å². The van der Waals surface area contributed by atoms with Crippen molar-refractivity contribution < 1.29 is 36.7 Å². The van der Waals surface area contributed by atoms with E-state index in [4.69, 9.17) is 18.7 Å². The summed E-state index contributed by atoms with van der Waals surface area (Å²) < 4.78 is 62.0. The number of carbonyl (C=O) groups is 1. The standard InChI is InChI=1S/C26H27F3N2O5/c1-6-33-25(32)16(4)13-17(5)35-20-10-7-18(8-11-20)24-30-23(31-36-24)19-9-12-22(34-15(2)3)21(14-19)26(27,28)29/h7-15,17H,6H2,1-5H3. The van der Waals surface area contributed by atoms with E-state index >= 15 is 0 Å². The highest BCUT2D eigenvalue weighted by atomic mass is 19.4. The first-order chi connectivity index (χ1) is 17.0. The van der Waals surface area contributed by atoms with Gasteiger partial charge in [0.2, 0.25) is 5.82 Å². The van der Waals surface area contributed by atoms with Crippen molar-refractivity contribution in [3.05, 3.63) is 59.7 Å². The minimum Gasteiger partial charge on any atom is -0.490 e. The molecule has 0 spiro atoms. The Morgan fingerprint density at radius 2 is 1.72 bits per heavy atom. The van der Waals surface area contributed by atoms with Crippen molar-refractivity contribution in [3.8, 4) is 34.3 Å². The Morgan fingerprint density at radius 1 is 1.06 bits per heavy atom. The van der Waals surface area contributed by atoms with E-state index < -0.39 is 23.8 Å². The molecule has 3 aromatic rings. The molecule has 1 atom stereocenters. The van der Waals surface area contributed by atoms with Crippen LogP contribution in [0, 0.1) is 0 Å². The summed E-state index contributed by atoms with van der Waals surface area (Å²) in [4.78, 5) is 16.0. The fourth-order valence-corrected chi connectivity index (χ4v) is 3.30. The average Bonchev–Trinajstić information content (AvgIpc) is 3.29. The van der Waals surface area contributed by atoms with Crippen LogP contribution in [0.2, 0.25) is 0 Å². The summed E-state index contributed by atoms with van der Waals surface area (Å²) in [7, 11) is 0. The summed E-state index contributed by atoms with van der Waals surface area (Å²) >= 11 is 0. The fourth-order valence-electron chi connectivity index (χ4n) is 3.30. The molecule has 0 aliphatic heterocycles. The van der Waals surface area contributed by atoms with E-state index in [9.17, 15) is 18.0 Å². The van der Waals surface area contributed by atoms with Crippen molar-refractivity contribution in [3.63, 3.8) is 0 Å². The highest BCUT2D eigenvalue weighted by Gasteiger charge is 2.35. The third-order valence-electron chi connectivity index (χ3n) is 4.84. The van der Waals surface area contributed by atoms with E-state index in [0.717, 1.165) is 6.07 Å². The molecule has 36 heavy (non-hydrogen) atoms. The molecule has 0 amide bonds. The lowest BCUT2D eigenvalue weighted by atomic mass is 10.1. The van der Waals surface area contributed by atoms with Gasteiger partial charge in [0, 0.05) is 16.7 Å². The maximum Gasteiger partial charge on any atom is 0.419 e. The van der Waals surface area contributed by atoms with E-state index in [0.29, 0.717) is 23.5 Å². The summed E-state index contributed by atoms with van der Waals surface area (Å²) in [5, 5.41) is 3.83. The molecular weight excluding hydrogens is 477 g/mol. The van der Waals surface area contributed by atoms with Crippen LogP contribution in [0.25, 0.3) is 22.8 Å². The number of carbonyl (C=O) groups excluding carboxylic acids is 1. The molecule has 1 unspecified atom stereocenters. The maximum absolute atomic E-state index is 13.6. The van der Waals surface area contributed by atoms with E-state index in [2.05, 4.69) is 10.1 Å². The van der Waals surface area contributed by atoms with Gasteiger partial charge in [0.05, 0.1) is 18.3 Å². The third-order valence-corrected chi connectivity index (χ3v) is 4.84. The summed E-state index contributed by atoms with van der Waals surface area (Å²) in [6.07, 6.45) is -3.76. The Labute approximate surface area is 206 Å². The van der Waals surface area contributed by atoms with Crippen LogP contribution in [0.3, 0.4) is 0 Å². The molecule has 0 bridgehead atoms. The second-order valence-corrected chi connectivity index (χ2v) is 8.22. The smallest absolute Gasteiger partial charge is 0.419 e. The summed E-state index contributed by atoms with van der Waals surface area (Å²) in [5.74, 6) is 0.0234. The highest BCUT2D eigenvalue weighted by molar-refractivity contribution is 5.87. The molecule has 3 rings (SSSR count). The number of rotatable bonds is 9. The van der Waals surface area contributed by atoms with E-state index in [-0.39, 0.29) is 29.1 Å². The van der Waals surface area contributed by atoms with Gasteiger partial charge in [-0.1, -0.05) is 5.16 Å². The van der Waals surface area contributed by atoms with Gasteiger partial charge in [-0.05, 0) is 83.2 Å². The Bertz CT molecular complexity index is 1220. The summed E-state index contributed by atoms with van der Waals surface area (Å²) in [6.45, 7) is 8.76. The zero-order valence-electron chi connectivity index (χ0n) is 20.6. The molecule has 10 heteroatoms. The Kier molecular flexibility index (Phi) is 8.39. The van der Waals surface area contributed by atoms with Crippen LogP contribution in [0.4, 0.5) is 13.2 Å². The number of nitrogens with zero attached hydrogens (tertiary/aromatic N) is 2. The molecule has 0 saturated carbocycles. The van der Waals surface area contributed by atoms with E-state index in [1.54, 1.807) is 65.0 Å². The number of benzene rings is 2. The lowest BCUT2D eigenvalue weighted by Crippen LogP contribution is -2.13. The van der Waals surface area contributed by atoms with Crippen LogP contribution < -0.4 is 9.47 Å². The van der Waals surface area contributed by atoms with Crippen LogP contribution in [-0.4, -0.2) is 34.9 Å². The second-order valence-electron chi connectivity index (χ2n) is 8.22. The zero-order chi connectivity index (χ0) is 26.5. The number of halogens is 3. The number of aromatic nitrogens is 2. The molecule has 192 valence electrons. The first kappa shape index (κ1) is 26.8. The number of hydrogen-bond acceptors (Lipinski definition) is 7. The largest absolute Gasteiger partial charge is 0.490 e. The van der Waals surface area contributed by atoms with E-state index in [1.165, 1.54) is 12.1 Å². The van der Waals surface area contributed by atoms with Gasteiger partial charge in [0.15, 0.2) is 0 Å². The first-order valence-corrected chi connectivity index (χ1v) is 11.3. The molecule has 0 aliphatic carbocycles. The van der Waals surface area contributed by atoms with Crippen LogP contribution in [0.15, 0.2) is 58.6 Å². The van der Waals surface area contributed by atoms with Crippen molar-refractivity contribution in [1.82, 2.24) is 10.1 Å². The van der Waals surface area contributed by atoms with Gasteiger partial charge in [-0.25, -0.2) is 4.79 Å². The highest BCUT2D eigenvalue weighted by Crippen LogP contribution is 2.39. The number of hydrogen-bond donors (Lipinski definition) is 0. The average molecular weight is 505 g/mol. The van der Waals surface area contributed by atoms with Crippen molar-refractivity contribution >= 4 is 5.97 Å².